The average molecular weight is 479 g/mol. The number of likely N-dealkylation sites (tertiary alicyclic amines) is 1. The molecule has 1 atom stereocenters. The van der Waals surface area contributed by atoms with Gasteiger partial charge in [-0.1, -0.05) is 48.5 Å². The SMILES string of the molecule is COCC1(C(=O)O)CCN(C(=O)C2(CNC(=O)OCC3c4ccccc4-c4ccccc43)CC2)C1. The number of amides is 2. The van der Waals surface area contributed by atoms with E-state index in [1.54, 1.807) is 4.90 Å². The molecule has 184 valence electrons. The lowest BCUT2D eigenvalue weighted by atomic mass is 9.88. The van der Waals surface area contributed by atoms with Crippen LogP contribution in [0.5, 0.6) is 0 Å². The molecule has 2 aromatic rings. The highest BCUT2D eigenvalue weighted by Gasteiger charge is 2.55. The number of carboxylic acid groups (broad SMARTS) is 1. The van der Waals surface area contributed by atoms with Crippen molar-refractivity contribution in [3.8, 4) is 11.1 Å². The van der Waals surface area contributed by atoms with Gasteiger partial charge in [-0.15, -0.1) is 0 Å². The highest BCUT2D eigenvalue weighted by molar-refractivity contribution is 5.88. The summed E-state index contributed by atoms with van der Waals surface area (Å²) in [6.07, 6.45) is 1.14. The number of carboxylic acids is 1. The van der Waals surface area contributed by atoms with Crippen molar-refractivity contribution >= 4 is 18.0 Å². The minimum absolute atomic E-state index is 0.0285. The molecule has 2 amide bonds. The van der Waals surface area contributed by atoms with E-state index >= 15 is 0 Å². The largest absolute Gasteiger partial charge is 0.481 e. The van der Waals surface area contributed by atoms with Crippen LogP contribution in [0, 0.1) is 10.8 Å². The maximum absolute atomic E-state index is 13.2. The van der Waals surface area contributed by atoms with Crippen LogP contribution in [0.2, 0.25) is 0 Å². The summed E-state index contributed by atoms with van der Waals surface area (Å²) < 4.78 is 10.7. The van der Waals surface area contributed by atoms with Crippen molar-refractivity contribution in [2.75, 3.05) is 40.0 Å². The first kappa shape index (κ1) is 23.4. The van der Waals surface area contributed by atoms with Gasteiger partial charge in [0.15, 0.2) is 0 Å². The predicted octanol–water partition coefficient (Wildman–Crippen LogP) is 3.26. The Hall–Kier alpha value is -3.39. The molecule has 2 aromatic carbocycles. The van der Waals surface area contributed by atoms with Gasteiger partial charge in [-0.2, -0.15) is 0 Å². The molecule has 2 N–H and O–H groups in total. The van der Waals surface area contributed by atoms with E-state index in [-0.39, 0.29) is 38.1 Å². The monoisotopic (exact) mass is 478 g/mol. The number of fused-ring (bicyclic) bond motifs is 3. The van der Waals surface area contributed by atoms with Gasteiger partial charge in [0.25, 0.3) is 0 Å². The quantitative estimate of drug-likeness (QED) is 0.604. The molecule has 0 bridgehead atoms. The van der Waals surface area contributed by atoms with Crippen LogP contribution < -0.4 is 5.32 Å². The fourth-order valence-electron chi connectivity index (χ4n) is 5.52. The number of nitrogens with one attached hydrogen (secondary N) is 1. The Bertz CT molecular complexity index is 1110. The van der Waals surface area contributed by atoms with Gasteiger partial charge in [-0.05, 0) is 41.5 Å². The number of aliphatic carboxylic acids is 1. The number of hydrogen-bond acceptors (Lipinski definition) is 5. The molecule has 3 aliphatic rings. The molecule has 35 heavy (non-hydrogen) atoms. The third-order valence-corrected chi connectivity index (χ3v) is 7.74. The lowest BCUT2D eigenvalue weighted by molar-refractivity contribution is -0.152. The minimum atomic E-state index is -1.07. The van der Waals surface area contributed by atoms with E-state index in [9.17, 15) is 19.5 Å². The van der Waals surface area contributed by atoms with Crippen LogP contribution in [0.3, 0.4) is 0 Å². The normalized spacial score (nSPS) is 21.8. The van der Waals surface area contributed by atoms with E-state index in [1.165, 1.54) is 7.11 Å². The van der Waals surface area contributed by atoms with Crippen molar-refractivity contribution in [3.63, 3.8) is 0 Å². The molecule has 5 rings (SSSR count). The first-order valence-electron chi connectivity index (χ1n) is 12.0. The fraction of sp³-hybridized carbons (Fsp3) is 0.444. The molecular formula is C27H30N2O6. The van der Waals surface area contributed by atoms with Gasteiger partial charge in [0.05, 0.1) is 12.0 Å². The Balaban J connectivity index is 1.17. The van der Waals surface area contributed by atoms with Gasteiger partial charge >= 0.3 is 12.1 Å². The van der Waals surface area contributed by atoms with E-state index in [1.807, 2.05) is 24.3 Å². The second-order valence-electron chi connectivity index (χ2n) is 9.95. The number of carbonyl (C=O) groups is 3. The summed E-state index contributed by atoms with van der Waals surface area (Å²) in [6.45, 7) is 0.967. The van der Waals surface area contributed by atoms with Gasteiger partial charge in [0.1, 0.15) is 12.0 Å². The lowest BCUT2D eigenvalue weighted by Crippen LogP contribution is -2.45. The summed E-state index contributed by atoms with van der Waals surface area (Å²) in [6, 6.07) is 16.3. The molecular weight excluding hydrogens is 448 g/mol. The van der Waals surface area contributed by atoms with E-state index in [0.29, 0.717) is 25.8 Å². The van der Waals surface area contributed by atoms with Crippen LogP contribution in [0.25, 0.3) is 11.1 Å². The molecule has 0 spiro atoms. The first-order chi connectivity index (χ1) is 16.9. The highest BCUT2D eigenvalue weighted by Crippen LogP contribution is 2.48. The predicted molar refractivity (Wildman–Crippen MR) is 128 cm³/mol. The molecule has 8 heteroatoms. The van der Waals surface area contributed by atoms with Crippen molar-refractivity contribution in [2.24, 2.45) is 10.8 Å². The van der Waals surface area contributed by atoms with Gasteiger partial charge in [-0.3, -0.25) is 9.59 Å². The maximum Gasteiger partial charge on any atom is 0.407 e. The van der Waals surface area contributed by atoms with Crippen LogP contribution in [0.15, 0.2) is 48.5 Å². The fourth-order valence-corrected chi connectivity index (χ4v) is 5.52. The van der Waals surface area contributed by atoms with E-state index in [2.05, 4.69) is 29.6 Å². The summed E-state index contributed by atoms with van der Waals surface area (Å²) in [5, 5.41) is 12.4. The number of ether oxygens (including phenoxy) is 2. The first-order valence-corrected chi connectivity index (χ1v) is 12.0. The Kier molecular flexibility index (Phi) is 6.01. The van der Waals surface area contributed by atoms with Crippen LogP contribution >= 0.6 is 0 Å². The molecule has 1 saturated carbocycles. The van der Waals surface area contributed by atoms with Gasteiger partial charge in [0, 0.05) is 32.7 Å². The van der Waals surface area contributed by atoms with Crippen molar-refractivity contribution in [1.82, 2.24) is 10.2 Å². The second-order valence-corrected chi connectivity index (χ2v) is 9.95. The third kappa shape index (κ3) is 4.16. The Labute approximate surface area is 204 Å². The number of benzene rings is 2. The number of alkyl carbamates (subject to hydrolysis) is 1. The van der Waals surface area contributed by atoms with Gasteiger partial charge < -0.3 is 24.8 Å². The summed E-state index contributed by atoms with van der Waals surface area (Å²) in [5.41, 5.74) is 2.87. The van der Waals surface area contributed by atoms with Crippen molar-refractivity contribution in [3.05, 3.63) is 59.7 Å². The molecule has 0 aromatic heterocycles. The Morgan fingerprint density at radius 2 is 1.63 bits per heavy atom. The van der Waals surface area contributed by atoms with E-state index in [0.717, 1.165) is 22.3 Å². The lowest BCUT2D eigenvalue weighted by Gasteiger charge is -2.26. The minimum Gasteiger partial charge on any atom is -0.481 e. The summed E-state index contributed by atoms with van der Waals surface area (Å²) >= 11 is 0. The zero-order chi connectivity index (χ0) is 24.6. The molecule has 2 fully saturated rings. The smallest absolute Gasteiger partial charge is 0.407 e. The highest BCUT2D eigenvalue weighted by atomic mass is 16.5. The molecule has 1 unspecified atom stereocenters. The van der Waals surface area contributed by atoms with Crippen LogP contribution in [-0.4, -0.2) is 67.9 Å². The number of nitrogens with zero attached hydrogens (tertiary/aromatic N) is 1. The van der Waals surface area contributed by atoms with Crippen LogP contribution in [0.4, 0.5) is 4.79 Å². The number of carbonyl (C=O) groups excluding carboxylic acids is 2. The number of methoxy groups -OCH3 is 1. The summed E-state index contributed by atoms with van der Waals surface area (Å²) in [7, 11) is 1.47. The third-order valence-electron chi connectivity index (χ3n) is 7.74. The Morgan fingerprint density at radius 3 is 2.20 bits per heavy atom. The van der Waals surface area contributed by atoms with Crippen LogP contribution in [-0.2, 0) is 19.1 Å². The van der Waals surface area contributed by atoms with Crippen molar-refractivity contribution in [2.45, 2.75) is 25.2 Å². The molecule has 0 radical (unpaired) electrons. The van der Waals surface area contributed by atoms with Crippen molar-refractivity contribution < 1.29 is 29.0 Å². The number of rotatable bonds is 8. The molecule has 1 heterocycles. The zero-order valence-electron chi connectivity index (χ0n) is 19.8. The topological polar surface area (TPSA) is 105 Å². The van der Waals surface area contributed by atoms with Crippen molar-refractivity contribution in [1.29, 1.82) is 0 Å². The molecule has 2 aliphatic carbocycles. The van der Waals surface area contributed by atoms with E-state index in [4.69, 9.17) is 9.47 Å². The molecule has 8 nitrogen and oxygen atoms in total. The molecule has 1 aliphatic heterocycles. The number of hydrogen-bond donors (Lipinski definition) is 2. The second kappa shape index (κ2) is 9.00. The summed E-state index contributed by atoms with van der Waals surface area (Å²) in [5.74, 6) is -1.08. The van der Waals surface area contributed by atoms with Gasteiger partial charge in [0.2, 0.25) is 5.91 Å². The van der Waals surface area contributed by atoms with Gasteiger partial charge in [-0.25, -0.2) is 4.79 Å². The Morgan fingerprint density at radius 1 is 1.00 bits per heavy atom. The van der Waals surface area contributed by atoms with Crippen LogP contribution in [0.1, 0.15) is 36.3 Å². The standard InChI is InChI=1S/C27H30N2O6/c1-34-17-27(24(31)32)12-13-29(16-27)23(30)26(10-11-26)15-28-25(33)35-14-22-20-8-4-2-6-18(20)19-7-3-5-9-21(19)22/h2-9,22H,10-17H2,1H3,(H,28,33)(H,31,32). The maximum atomic E-state index is 13.2. The average Bonchev–Trinajstić information content (AvgIpc) is 3.43. The zero-order valence-corrected chi connectivity index (χ0v) is 19.8. The molecule has 1 saturated heterocycles. The van der Waals surface area contributed by atoms with E-state index < -0.39 is 22.9 Å². The summed E-state index contributed by atoms with van der Waals surface area (Å²) in [4.78, 5) is 39.2.